The van der Waals surface area contributed by atoms with Crippen LogP contribution >= 0.6 is 0 Å². The van der Waals surface area contributed by atoms with Gasteiger partial charge in [-0.1, -0.05) is 6.58 Å². The highest BCUT2D eigenvalue weighted by atomic mass is 16.5. The molecule has 0 aliphatic carbocycles. The van der Waals surface area contributed by atoms with Crippen molar-refractivity contribution in [1.29, 1.82) is 0 Å². The summed E-state index contributed by atoms with van der Waals surface area (Å²) in [5.74, 6) is -2.93. The quantitative estimate of drug-likeness (QED) is 0.332. The first-order chi connectivity index (χ1) is 5.21. The van der Waals surface area contributed by atoms with Gasteiger partial charge in [0.2, 0.25) is 0 Å². The Morgan fingerprint density at radius 3 is 1.75 bits per heavy atom. The van der Waals surface area contributed by atoms with Crippen molar-refractivity contribution in [1.82, 2.24) is 0 Å². The van der Waals surface area contributed by atoms with Gasteiger partial charge in [0.05, 0.1) is 0 Å². The van der Waals surface area contributed by atoms with E-state index in [-0.39, 0.29) is 0 Å². The van der Waals surface area contributed by atoms with Gasteiger partial charge in [-0.05, 0) is 13.8 Å². The van der Waals surface area contributed by atoms with Gasteiger partial charge in [0, 0.05) is 6.08 Å². The van der Waals surface area contributed by atoms with Gasteiger partial charge in [-0.25, -0.2) is 4.79 Å². The Labute approximate surface area is 70.6 Å². The van der Waals surface area contributed by atoms with Gasteiger partial charge >= 0.3 is 5.97 Å². The van der Waals surface area contributed by atoms with Crippen LogP contribution in [0.15, 0.2) is 12.7 Å². The molecule has 0 aromatic rings. The van der Waals surface area contributed by atoms with Crippen molar-refractivity contribution < 1.29 is 25.2 Å². The molecule has 0 aliphatic heterocycles. The average Bonchev–Trinajstić information content (AvgIpc) is 1.87. The van der Waals surface area contributed by atoms with E-state index in [9.17, 15) is 4.79 Å². The minimum atomic E-state index is -1.94. The Balaban J connectivity index is 0. The number of aliphatic carboxylic acids is 1. The van der Waals surface area contributed by atoms with E-state index in [2.05, 4.69) is 6.58 Å². The van der Waals surface area contributed by atoms with Crippen LogP contribution in [-0.2, 0) is 4.79 Å². The number of carboxylic acids is 1. The second-order valence-corrected chi connectivity index (χ2v) is 2.31. The van der Waals surface area contributed by atoms with E-state index in [4.69, 9.17) is 20.4 Å². The fourth-order valence-electron chi connectivity index (χ4n) is 0. The monoisotopic (exact) mass is 178 g/mol. The zero-order chi connectivity index (χ0) is 10.4. The van der Waals surface area contributed by atoms with Gasteiger partial charge in [0.1, 0.15) is 6.10 Å². The van der Waals surface area contributed by atoms with Crippen molar-refractivity contribution in [3.63, 3.8) is 0 Å². The van der Waals surface area contributed by atoms with Crippen LogP contribution in [0.2, 0.25) is 0 Å². The molecule has 0 saturated carbocycles. The number of hydrogen-bond donors (Lipinski definition) is 4. The predicted octanol–water partition coefficient (Wildman–Crippen LogP) is -0.675. The van der Waals surface area contributed by atoms with Gasteiger partial charge in [-0.2, -0.15) is 0 Å². The molecule has 0 aliphatic rings. The number of carboxylic acid groups (broad SMARTS) is 1. The molecule has 0 rings (SSSR count). The average molecular weight is 178 g/mol. The van der Waals surface area contributed by atoms with Crippen LogP contribution in [0, 0.1) is 0 Å². The summed E-state index contributed by atoms with van der Waals surface area (Å²) >= 11 is 0. The molecule has 0 aromatic carbocycles. The van der Waals surface area contributed by atoms with Crippen molar-refractivity contribution in [2.45, 2.75) is 25.7 Å². The summed E-state index contributed by atoms with van der Waals surface area (Å²) < 4.78 is 0. The third-order valence-corrected chi connectivity index (χ3v) is 0.966. The second kappa shape index (κ2) is 5.70. The molecule has 0 radical (unpaired) electrons. The zero-order valence-electron chi connectivity index (χ0n) is 7.06. The summed E-state index contributed by atoms with van der Waals surface area (Å²) in [7, 11) is 0. The third-order valence-electron chi connectivity index (χ3n) is 0.966. The molecule has 0 aromatic heterocycles. The Hall–Kier alpha value is -0.910. The molecule has 0 saturated heterocycles. The van der Waals surface area contributed by atoms with Crippen LogP contribution in [0.4, 0.5) is 0 Å². The Morgan fingerprint density at radius 2 is 1.75 bits per heavy atom. The Morgan fingerprint density at radius 1 is 1.58 bits per heavy atom. The van der Waals surface area contributed by atoms with E-state index in [1.54, 1.807) is 0 Å². The SMILES string of the molecule is C=CC(=O)O.CC(O)C(C)(O)O. The van der Waals surface area contributed by atoms with Crippen LogP contribution in [0.5, 0.6) is 0 Å². The summed E-state index contributed by atoms with van der Waals surface area (Å²) in [5, 5.41) is 32.8. The molecule has 0 spiro atoms. The Bertz CT molecular complexity index is 144. The molecular formula is C7H14O5. The van der Waals surface area contributed by atoms with Crippen molar-refractivity contribution in [2.24, 2.45) is 0 Å². The van der Waals surface area contributed by atoms with Gasteiger partial charge in [-0.3, -0.25) is 0 Å². The maximum Gasteiger partial charge on any atom is 0.327 e. The van der Waals surface area contributed by atoms with Crippen LogP contribution in [0.25, 0.3) is 0 Å². The minimum Gasteiger partial charge on any atom is -0.478 e. The Kier molecular flexibility index (Phi) is 6.49. The van der Waals surface area contributed by atoms with Crippen LogP contribution < -0.4 is 0 Å². The van der Waals surface area contributed by atoms with Crippen molar-refractivity contribution in [2.75, 3.05) is 0 Å². The van der Waals surface area contributed by atoms with Crippen LogP contribution in [-0.4, -0.2) is 38.3 Å². The molecule has 1 atom stereocenters. The van der Waals surface area contributed by atoms with Gasteiger partial charge in [-0.15, -0.1) is 0 Å². The third kappa shape index (κ3) is 11.8. The molecule has 0 fully saturated rings. The molecule has 0 bridgehead atoms. The summed E-state index contributed by atoms with van der Waals surface area (Å²) in [4.78, 5) is 9.25. The van der Waals surface area contributed by atoms with Crippen molar-refractivity contribution in [3.8, 4) is 0 Å². The molecule has 0 amide bonds. The number of aliphatic hydroxyl groups excluding tert-OH is 1. The van der Waals surface area contributed by atoms with Crippen LogP contribution in [0.1, 0.15) is 13.8 Å². The molecule has 1 unspecified atom stereocenters. The molecule has 12 heavy (non-hydrogen) atoms. The van der Waals surface area contributed by atoms with Crippen LogP contribution in [0.3, 0.4) is 0 Å². The maximum atomic E-state index is 9.25. The minimum absolute atomic E-state index is 0.833. The molecule has 5 heteroatoms. The first kappa shape index (κ1) is 13.7. The summed E-state index contributed by atoms with van der Waals surface area (Å²) in [6.07, 6.45) is -0.257. The lowest BCUT2D eigenvalue weighted by Crippen LogP contribution is -2.36. The summed E-state index contributed by atoms with van der Waals surface area (Å²) in [6.45, 7) is 5.39. The largest absolute Gasteiger partial charge is 0.478 e. The van der Waals surface area contributed by atoms with E-state index in [1.165, 1.54) is 6.92 Å². The molecule has 72 valence electrons. The second-order valence-electron chi connectivity index (χ2n) is 2.31. The highest BCUT2D eigenvalue weighted by Gasteiger charge is 2.21. The van der Waals surface area contributed by atoms with E-state index in [0.29, 0.717) is 0 Å². The number of carbonyl (C=O) groups is 1. The number of rotatable bonds is 2. The van der Waals surface area contributed by atoms with Gasteiger partial charge < -0.3 is 20.4 Å². The lowest BCUT2D eigenvalue weighted by atomic mass is 10.2. The zero-order valence-corrected chi connectivity index (χ0v) is 7.06. The van der Waals surface area contributed by atoms with E-state index >= 15 is 0 Å². The number of aliphatic hydroxyl groups is 3. The van der Waals surface area contributed by atoms with E-state index in [1.807, 2.05) is 0 Å². The van der Waals surface area contributed by atoms with E-state index in [0.717, 1.165) is 13.0 Å². The lowest BCUT2D eigenvalue weighted by molar-refractivity contribution is -0.205. The molecular weight excluding hydrogens is 164 g/mol. The first-order valence-electron chi connectivity index (χ1n) is 3.20. The van der Waals surface area contributed by atoms with Crippen molar-refractivity contribution in [3.05, 3.63) is 12.7 Å². The fraction of sp³-hybridized carbons (Fsp3) is 0.571. The standard InChI is InChI=1S/C4H10O3.C3H4O2/c1-3(5)4(2,6)7;1-2-3(4)5/h3,5-7H,1-2H3;2H,1H2,(H,4,5). The smallest absolute Gasteiger partial charge is 0.327 e. The lowest BCUT2D eigenvalue weighted by Gasteiger charge is -2.17. The highest BCUT2D eigenvalue weighted by Crippen LogP contribution is 2.01. The van der Waals surface area contributed by atoms with Crippen molar-refractivity contribution >= 4 is 5.97 Å². The number of hydrogen-bond acceptors (Lipinski definition) is 4. The molecule has 0 heterocycles. The summed E-state index contributed by atoms with van der Waals surface area (Å²) in [6, 6.07) is 0. The molecule has 5 nitrogen and oxygen atoms in total. The maximum absolute atomic E-state index is 9.25. The van der Waals surface area contributed by atoms with Gasteiger partial charge in [0.15, 0.2) is 5.79 Å². The fourth-order valence-corrected chi connectivity index (χ4v) is 0. The predicted molar refractivity (Wildman–Crippen MR) is 42.4 cm³/mol. The first-order valence-corrected chi connectivity index (χ1v) is 3.20. The topological polar surface area (TPSA) is 98.0 Å². The molecule has 4 N–H and O–H groups in total. The summed E-state index contributed by atoms with van der Waals surface area (Å²) in [5.41, 5.74) is 0. The van der Waals surface area contributed by atoms with Gasteiger partial charge in [0.25, 0.3) is 0 Å². The normalized spacial score (nSPS) is 12.4. The highest BCUT2D eigenvalue weighted by molar-refractivity contribution is 5.78. The van der Waals surface area contributed by atoms with E-state index < -0.39 is 17.9 Å².